The highest BCUT2D eigenvalue weighted by atomic mass is 16.6. The predicted molar refractivity (Wildman–Crippen MR) is 130 cm³/mol. The van der Waals surface area contributed by atoms with Crippen molar-refractivity contribution >= 4 is 17.5 Å². The van der Waals surface area contributed by atoms with Crippen LogP contribution in [0.15, 0.2) is 84.0 Å². The first-order valence-electron chi connectivity index (χ1n) is 11.1. The number of para-hydroxylation sites is 1. The Morgan fingerprint density at radius 2 is 1.65 bits per heavy atom. The van der Waals surface area contributed by atoms with Crippen LogP contribution in [0.1, 0.15) is 35.3 Å². The van der Waals surface area contributed by atoms with Gasteiger partial charge in [-0.25, -0.2) is 0 Å². The molecule has 1 aliphatic heterocycles. The molecule has 1 fully saturated rings. The largest absolute Gasteiger partial charge is 0.508 e. The van der Waals surface area contributed by atoms with Crippen molar-refractivity contribution in [2.75, 3.05) is 13.7 Å². The molecule has 0 bridgehead atoms. The lowest BCUT2D eigenvalue weighted by molar-refractivity contribution is -0.125. The van der Waals surface area contributed by atoms with E-state index in [1.165, 1.54) is 12.0 Å². The Kier molecular flexibility index (Phi) is 6.92. The number of benzene rings is 3. The highest BCUT2D eigenvalue weighted by Crippen LogP contribution is 2.26. The van der Waals surface area contributed by atoms with Gasteiger partial charge in [-0.2, -0.15) is 0 Å². The van der Waals surface area contributed by atoms with Crippen LogP contribution in [0.3, 0.4) is 0 Å². The molecular formula is C27H27N3O4. The van der Waals surface area contributed by atoms with Gasteiger partial charge in [0.15, 0.2) is 0 Å². The second-order valence-electron chi connectivity index (χ2n) is 8.23. The minimum atomic E-state index is -0.733. The normalized spacial score (nSPS) is 17.4. The van der Waals surface area contributed by atoms with Crippen LogP contribution in [0.2, 0.25) is 0 Å². The van der Waals surface area contributed by atoms with Gasteiger partial charge >= 0.3 is 0 Å². The molecule has 3 aromatic carbocycles. The van der Waals surface area contributed by atoms with Crippen molar-refractivity contribution in [2.45, 2.75) is 25.4 Å². The van der Waals surface area contributed by atoms with Gasteiger partial charge in [0.2, 0.25) is 5.91 Å². The van der Waals surface area contributed by atoms with E-state index in [0.29, 0.717) is 16.8 Å². The SMILES string of the molecule is CO/N=C1\C[C@@H](C(=O)NC(C)c2ccccc2O)N(C(=O)c2ccc(-c3ccccc3)cc2)C1. The van der Waals surface area contributed by atoms with Gasteiger partial charge in [0, 0.05) is 17.5 Å². The van der Waals surface area contributed by atoms with Crippen LogP contribution in [0.4, 0.5) is 0 Å². The van der Waals surface area contributed by atoms with Crippen LogP contribution in [0.5, 0.6) is 5.75 Å². The minimum absolute atomic E-state index is 0.106. The van der Waals surface area contributed by atoms with Gasteiger partial charge < -0.3 is 20.2 Å². The summed E-state index contributed by atoms with van der Waals surface area (Å²) in [6.07, 6.45) is 0.279. The molecule has 0 aromatic heterocycles. The van der Waals surface area contributed by atoms with Gasteiger partial charge in [-0.15, -0.1) is 0 Å². The summed E-state index contributed by atoms with van der Waals surface area (Å²) < 4.78 is 0. The van der Waals surface area contributed by atoms with Crippen molar-refractivity contribution < 1.29 is 19.5 Å². The molecule has 3 aromatic rings. The maximum atomic E-state index is 13.4. The Labute approximate surface area is 198 Å². The number of hydrogen-bond acceptors (Lipinski definition) is 5. The summed E-state index contributed by atoms with van der Waals surface area (Å²) in [5, 5.41) is 17.0. The number of nitrogens with zero attached hydrogens (tertiary/aromatic N) is 2. The van der Waals surface area contributed by atoms with Gasteiger partial charge in [0.05, 0.1) is 18.3 Å². The lowest BCUT2D eigenvalue weighted by Crippen LogP contribution is -2.46. The minimum Gasteiger partial charge on any atom is -0.508 e. The van der Waals surface area contributed by atoms with E-state index < -0.39 is 12.1 Å². The van der Waals surface area contributed by atoms with Gasteiger partial charge in [-0.05, 0) is 36.2 Å². The topological polar surface area (TPSA) is 91.2 Å². The van der Waals surface area contributed by atoms with E-state index >= 15 is 0 Å². The number of rotatable bonds is 6. The predicted octanol–water partition coefficient (Wildman–Crippen LogP) is 4.15. The van der Waals surface area contributed by atoms with Gasteiger partial charge in [-0.3, -0.25) is 9.59 Å². The smallest absolute Gasteiger partial charge is 0.254 e. The highest BCUT2D eigenvalue weighted by molar-refractivity contribution is 6.05. The summed E-state index contributed by atoms with van der Waals surface area (Å²) >= 11 is 0. The molecule has 7 heteroatoms. The van der Waals surface area contributed by atoms with E-state index in [4.69, 9.17) is 4.84 Å². The summed E-state index contributed by atoms with van der Waals surface area (Å²) in [6.45, 7) is 2.00. The van der Waals surface area contributed by atoms with Crippen molar-refractivity contribution in [3.63, 3.8) is 0 Å². The first-order valence-corrected chi connectivity index (χ1v) is 11.1. The van der Waals surface area contributed by atoms with E-state index in [1.807, 2.05) is 42.5 Å². The number of aromatic hydroxyl groups is 1. The third-order valence-corrected chi connectivity index (χ3v) is 5.94. The number of phenolic OH excluding ortho intramolecular Hbond substituents is 1. The summed E-state index contributed by atoms with van der Waals surface area (Å²) in [7, 11) is 1.44. The molecule has 1 aliphatic rings. The summed E-state index contributed by atoms with van der Waals surface area (Å²) in [5.41, 5.74) is 3.78. The number of hydrogen-bond donors (Lipinski definition) is 2. The molecule has 2 amide bonds. The average molecular weight is 458 g/mol. The molecule has 2 atom stereocenters. The third kappa shape index (κ3) is 4.93. The van der Waals surface area contributed by atoms with Crippen LogP contribution in [-0.4, -0.2) is 47.2 Å². The summed E-state index contributed by atoms with van der Waals surface area (Å²) in [6, 6.07) is 22.9. The van der Waals surface area contributed by atoms with Gasteiger partial charge in [0.1, 0.15) is 18.9 Å². The van der Waals surface area contributed by atoms with Crippen LogP contribution in [0, 0.1) is 0 Å². The van der Waals surface area contributed by atoms with Crippen molar-refractivity contribution in [3.05, 3.63) is 90.0 Å². The molecule has 4 rings (SSSR count). The maximum absolute atomic E-state index is 13.4. The molecule has 1 saturated heterocycles. The Morgan fingerprint density at radius 1 is 1.00 bits per heavy atom. The molecule has 174 valence electrons. The van der Waals surface area contributed by atoms with E-state index in [9.17, 15) is 14.7 Å². The zero-order valence-electron chi connectivity index (χ0n) is 19.1. The fraction of sp³-hybridized carbons (Fsp3) is 0.222. The summed E-state index contributed by atoms with van der Waals surface area (Å²) in [5.74, 6) is -0.461. The lowest BCUT2D eigenvalue weighted by atomic mass is 10.0. The number of phenols is 1. The van der Waals surface area contributed by atoms with Crippen LogP contribution < -0.4 is 5.32 Å². The van der Waals surface area contributed by atoms with Crippen molar-refractivity contribution in [2.24, 2.45) is 5.16 Å². The molecule has 0 spiro atoms. The molecule has 0 saturated carbocycles. The van der Waals surface area contributed by atoms with Crippen molar-refractivity contribution in [3.8, 4) is 16.9 Å². The second kappa shape index (κ2) is 10.2. The number of oxime groups is 1. The monoisotopic (exact) mass is 457 g/mol. The van der Waals surface area contributed by atoms with E-state index in [-0.39, 0.29) is 30.5 Å². The first kappa shape index (κ1) is 23.0. The maximum Gasteiger partial charge on any atom is 0.254 e. The molecular weight excluding hydrogens is 430 g/mol. The van der Waals surface area contributed by atoms with E-state index in [1.54, 1.807) is 43.3 Å². The third-order valence-electron chi connectivity index (χ3n) is 5.94. The van der Waals surface area contributed by atoms with Gasteiger partial charge in [-0.1, -0.05) is 65.8 Å². The quantitative estimate of drug-likeness (QED) is 0.544. The molecule has 7 nitrogen and oxygen atoms in total. The van der Waals surface area contributed by atoms with Crippen molar-refractivity contribution in [1.82, 2.24) is 10.2 Å². The van der Waals surface area contributed by atoms with Crippen LogP contribution in [-0.2, 0) is 9.63 Å². The fourth-order valence-electron chi connectivity index (χ4n) is 4.19. The molecule has 0 radical (unpaired) electrons. The van der Waals surface area contributed by atoms with Crippen LogP contribution in [0.25, 0.3) is 11.1 Å². The zero-order chi connectivity index (χ0) is 24.1. The number of amides is 2. The number of carbonyl (C=O) groups excluding carboxylic acids is 2. The average Bonchev–Trinajstić information content (AvgIpc) is 3.29. The number of likely N-dealkylation sites (tertiary alicyclic amines) is 1. The molecule has 1 unspecified atom stereocenters. The highest BCUT2D eigenvalue weighted by Gasteiger charge is 2.39. The van der Waals surface area contributed by atoms with Crippen LogP contribution >= 0.6 is 0 Å². The summed E-state index contributed by atoms with van der Waals surface area (Å²) in [4.78, 5) is 33.0. The van der Waals surface area contributed by atoms with E-state index in [0.717, 1.165) is 11.1 Å². The molecule has 0 aliphatic carbocycles. The van der Waals surface area contributed by atoms with Gasteiger partial charge in [0.25, 0.3) is 5.91 Å². The number of carbonyl (C=O) groups is 2. The standard InChI is InChI=1S/C27H27N3O4/c1-18(23-10-6-7-11-25(23)31)28-26(32)24-16-22(29-34-2)17-30(24)27(33)21-14-12-20(13-15-21)19-8-4-3-5-9-19/h3-15,18,24,31H,16-17H2,1-2H3,(H,28,32)/b29-22+/t18?,24-/m0/s1. The Morgan fingerprint density at radius 3 is 2.32 bits per heavy atom. The Hall–Kier alpha value is -4.13. The molecule has 34 heavy (non-hydrogen) atoms. The second-order valence-corrected chi connectivity index (χ2v) is 8.23. The van der Waals surface area contributed by atoms with Crippen molar-refractivity contribution in [1.29, 1.82) is 0 Å². The fourth-order valence-corrected chi connectivity index (χ4v) is 4.19. The Balaban J connectivity index is 1.53. The molecule has 1 heterocycles. The number of nitrogens with one attached hydrogen (secondary N) is 1. The van der Waals surface area contributed by atoms with E-state index in [2.05, 4.69) is 10.5 Å². The lowest BCUT2D eigenvalue weighted by Gasteiger charge is -2.25. The Bertz CT molecular complexity index is 1190. The first-order chi connectivity index (χ1) is 16.5. The molecule has 2 N–H and O–H groups in total. The zero-order valence-corrected chi connectivity index (χ0v) is 19.1.